The fourth-order valence-corrected chi connectivity index (χ4v) is 3.71. The molecule has 2 aromatic heterocycles. The molecule has 1 amide bonds. The maximum absolute atomic E-state index is 12.3. The number of thiazole rings is 1. The summed E-state index contributed by atoms with van der Waals surface area (Å²) in [7, 11) is 0. The number of amides is 1. The molecule has 2 N–H and O–H groups in total. The summed E-state index contributed by atoms with van der Waals surface area (Å²) in [6, 6.07) is 1.90. The van der Waals surface area contributed by atoms with Crippen LogP contribution in [0.15, 0.2) is 12.4 Å². The van der Waals surface area contributed by atoms with E-state index in [4.69, 9.17) is 0 Å². The van der Waals surface area contributed by atoms with Crippen molar-refractivity contribution in [2.24, 2.45) is 0 Å². The number of carbonyl (C=O) groups is 1. The zero-order valence-electron chi connectivity index (χ0n) is 14.0. The van der Waals surface area contributed by atoms with E-state index in [9.17, 15) is 9.90 Å². The maximum atomic E-state index is 12.3. The van der Waals surface area contributed by atoms with Crippen LogP contribution in [-0.4, -0.2) is 51.2 Å². The minimum Gasteiger partial charge on any atom is -0.386 e. The Morgan fingerprint density at radius 1 is 1.42 bits per heavy atom. The fraction of sp³-hybridized carbons (Fsp3) is 0.500. The molecule has 1 aliphatic rings. The number of nitrogens with zero attached hydrogens (tertiary/aromatic N) is 4. The third kappa shape index (κ3) is 3.54. The lowest BCUT2D eigenvalue weighted by Crippen LogP contribution is -2.45. The van der Waals surface area contributed by atoms with Gasteiger partial charge < -0.3 is 15.3 Å². The average molecular weight is 347 g/mol. The fourth-order valence-electron chi connectivity index (χ4n) is 2.88. The van der Waals surface area contributed by atoms with E-state index >= 15 is 0 Å². The normalized spacial score (nSPS) is 20.4. The molecule has 128 valence electrons. The standard InChI is InChI=1S/C16H21N5O2S/c1-10-6-13(19-9-18-10)21-5-4-16(23,8-21)7-17-15(22)14-11(2)20-12(3)24-14/h6,9,23H,4-5,7-8H2,1-3H3,(H,17,22)/t16-/m0/s1. The van der Waals surface area contributed by atoms with Crippen LogP contribution in [0.1, 0.15) is 32.5 Å². The monoisotopic (exact) mass is 347 g/mol. The van der Waals surface area contributed by atoms with Gasteiger partial charge in [-0.15, -0.1) is 11.3 Å². The Bertz CT molecular complexity index is 763. The number of nitrogens with one attached hydrogen (secondary N) is 1. The Kier molecular flexibility index (Phi) is 4.51. The highest BCUT2D eigenvalue weighted by atomic mass is 32.1. The molecule has 0 aromatic carbocycles. The molecule has 0 unspecified atom stereocenters. The number of aromatic nitrogens is 3. The number of rotatable bonds is 4. The van der Waals surface area contributed by atoms with Crippen molar-refractivity contribution in [2.75, 3.05) is 24.5 Å². The first-order chi connectivity index (χ1) is 11.4. The molecule has 0 radical (unpaired) electrons. The number of hydrogen-bond donors (Lipinski definition) is 2. The SMILES string of the molecule is Cc1cc(N2CC[C@](O)(CNC(=O)c3sc(C)nc3C)C2)ncn1. The van der Waals surface area contributed by atoms with Gasteiger partial charge in [-0.05, 0) is 27.2 Å². The van der Waals surface area contributed by atoms with Crippen LogP contribution < -0.4 is 10.2 Å². The predicted octanol–water partition coefficient (Wildman–Crippen LogP) is 1.23. The Hall–Kier alpha value is -2.06. The molecule has 24 heavy (non-hydrogen) atoms. The summed E-state index contributed by atoms with van der Waals surface area (Å²) in [5.41, 5.74) is 0.661. The van der Waals surface area contributed by atoms with Crippen LogP contribution in [0, 0.1) is 20.8 Å². The van der Waals surface area contributed by atoms with Crippen LogP contribution in [0.5, 0.6) is 0 Å². The largest absolute Gasteiger partial charge is 0.386 e. The molecular weight excluding hydrogens is 326 g/mol. The quantitative estimate of drug-likeness (QED) is 0.864. The number of aliphatic hydroxyl groups is 1. The van der Waals surface area contributed by atoms with E-state index in [-0.39, 0.29) is 12.5 Å². The number of carbonyl (C=O) groups excluding carboxylic acids is 1. The van der Waals surface area contributed by atoms with Crippen LogP contribution in [-0.2, 0) is 0 Å². The molecule has 0 saturated carbocycles. The van der Waals surface area contributed by atoms with Gasteiger partial charge in [-0.2, -0.15) is 0 Å². The van der Waals surface area contributed by atoms with E-state index in [0.29, 0.717) is 24.4 Å². The molecule has 0 spiro atoms. The molecule has 0 bridgehead atoms. The topological polar surface area (TPSA) is 91.2 Å². The highest BCUT2D eigenvalue weighted by Gasteiger charge is 2.37. The van der Waals surface area contributed by atoms with Crippen LogP contribution in [0.2, 0.25) is 0 Å². The molecule has 1 fully saturated rings. The number of hydrogen-bond acceptors (Lipinski definition) is 7. The highest BCUT2D eigenvalue weighted by Crippen LogP contribution is 2.25. The molecule has 2 aromatic rings. The first-order valence-electron chi connectivity index (χ1n) is 7.84. The molecule has 7 nitrogen and oxygen atoms in total. The molecule has 0 aliphatic carbocycles. The molecule has 1 atom stereocenters. The van der Waals surface area contributed by atoms with Gasteiger partial charge in [0.05, 0.1) is 10.7 Å². The number of β-amino-alcohol motifs (C(OH)–C–C–N with tert-alkyl or cyclic N) is 1. The van der Waals surface area contributed by atoms with E-state index in [0.717, 1.165) is 22.2 Å². The van der Waals surface area contributed by atoms with Crippen molar-refractivity contribution in [1.29, 1.82) is 0 Å². The van der Waals surface area contributed by atoms with Gasteiger partial charge in [-0.1, -0.05) is 0 Å². The van der Waals surface area contributed by atoms with Gasteiger partial charge >= 0.3 is 0 Å². The van der Waals surface area contributed by atoms with Crippen LogP contribution in [0.25, 0.3) is 0 Å². The van der Waals surface area contributed by atoms with Gasteiger partial charge in [0.25, 0.3) is 5.91 Å². The molecule has 1 aliphatic heterocycles. The van der Waals surface area contributed by atoms with Gasteiger partial charge in [-0.3, -0.25) is 4.79 Å². The summed E-state index contributed by atoms with van der Waals surface area (Å²) in [6.45, 7) is 6.95. The minimum atomic E-state index is -0.956. The maximum Gasteiger partial charge on any atom is 0.263 e. The molecule has 8 heteroatoms. The zero-order chi connectivity index (χ0) is 17.3. The Labute approximate surface area is 144 Å². The Balaban J connectivity index is 1.61. The molecular formula is C16H21N5O2S. The van der Waals surface area contributed by atoms with E-state index in [1.54, 1.807) is 0 Å². The predicted molar refractivity (Wildman–Crippen MR) is 92.5 cm³/mol. The molecule has 1 saturated heterocycles. The van der Waals surface area contributed by atoms with E-state index in [1.165, 1.54) is 17.7 Å². The van der Waals surface area contributed by atoms with Crippen molar-refractivity contribution in [3.8, 4) is 0 Å². The summed E-state index contributed by atoms with van der Waals surface area (Å²) in [4.78, 5) is 27.5. The van der Waals surface area contributed by atoms with Crippen molar-refractivity contribution in [3.63, 3.8) is 0 Å². The van der Waals surface area contributed by atoms with Gasteiger partial charge in [0.2, 0.25) is 0 Å². The molecule has 3 heterocycles. The minimum absolute atomic E-state index is 0.178. The summed E-state index contributed by atoms with van der Waals surface area (Å²) in [5.74, 6) is 0.626. The van der Waals surface area contributed by atoms with Gasteiger partial charge in [0.1, 0.15) is 22.6 Å². The second kappa shape index (κ2) is 6.45. The van der Waals surface area contributed by atoms with Crippen molar-refractivity contribution in [3.05, 3.63) is 33.7 Å². The number of aryl methyl sites for hydroxylation is 3. The van der Waals surface area contributed by atoms with Gasteiger partial charge in [0.15, 0.2) is 0 Å². The lowest BCUT2D eigenvalue weighted by molar-refractivity contribution is 0.0576. The van der Waals surface area contributed by atoms with Crippen LogP contribution in [0.4, 0.5) is 5.82 Å². The van der Waals surface area contributed by atoms with Crippen LogP contribution in [0.3, 0.4) is 0 Å². The van der Waals surface area contributed by atoms with Crippen molar-refractivity contribution >= 4 is 23.1 Å². The highest BCUT2D eigenvalue weighted by molar-refractivity contribution is 7.13. The lowest BCUT2D eigenvalue weighted by atomic mass is 10.0. The lowest BCUT2D eigenvalue weighted by Gasteiger charge is -2.24. The molecule has 3 rings (SSSR count). The third-order valence-corrected chi connectivity index (χ3v) is 5.21. The second-order valence-electron chi connectivity index (χ2n) is 6.24. The Morgan fingerprint density at radius 2 is 2.21 bits per heavy atom. The number of anilines is 1. The smallest absolute Gasteiger partial charge is 0.263 e. The van der Waals surface area contributed by atoms with Gasteiger partial charge in [-0.25, -0.2) is 15.0 Å². The van der Waals surface area contributed by atoms with Crippen molar-refractivity contribution in [1.82, 2.24) is 20.3 Å². The summed E-state index contributed by atoms with van der Waals surface area (Å²) in [5, 5.41) is 14.5. The first-order valence-corrected chi connectivity index (χ1v) is 8.66. The van der Waals surface area contributed by atoms with E-state index in [2.05, 4.69) is 20.3 Å². The summed E-state index contributed by atoms with van der Waals surface area (Å²) >= 11 is 1.37. The first kappa shape index (κ1) is 16.8. The van der Waals surface area contributed by atoms with Crippen molar-refractivity contribution in [2.45, 2.75) is 32.8 Å². The van der Waals surface area contributed by atoms with E-state index < -0.39 is 5.60 Å². The average Bonchev–Trinajstić information content (AvgIpc) is 3.08. The van der Waals surface area contributed by atoms with Crippen LogP contribution >= 0.6 is 11.3 Å². The Morgan fingerprint density at radius 3 is 2.88 bits per heavy atom. The zero-order valence-corrected chi connectivity index (χ0v) is 14.9. The van der Waals surface area contributed by atoms with Gasteiger partial charge in [0, 0.05) is 31.4 Å². The summed E-state index contributed by atoms with van der Waals surface area (Å²) in [6.07, 6.45) is 2.11. The van der Waals surface area contributed by atoms with E-state index in [1.807, 2.05) is 31.7 Å². The van der Waals surface area contributed by atoms with Crippen molar-refractivity contribution < 1.29 is 9.90 Å². The second-order valence-corrected chi connectivity index (χ2v) is 7.45. The third-order valence-electron chi connectivity index (χ3n) is 4.13. The summed E-state index contributed by atoms with van der Waals surface area (Å²) < 4.78 is 0.